The molecule has 0 saturated heterocycles. The van der Waals surface area contributed by atoms with E-state index in [9.17, 15) is 4.79 Å². The van der Waals surface area contributed by atoms with Crippen molar-refractivity contribution in [2.75, 3.05) is 26.9 Å². The molecule has 1 rings (SSSR count). The Balaban J connectivity index is 2.24. The molecule has 0 unspecified atom stereocenters. The fraction of sp³-hybridized carbons (Fsp3) is 0.429. The van der Waals surface area contributed by atoms with Crippen LogP contribution >= 0.6 is 0 Å². The Morgan fingerprint density at radius 2 is 2.11 bits per heavy atom. The Labute approximate surface area is 113 Å². The van der Waals surface area contributed by atoms with E-state index in [2.05, 4.69) is 11.4 Å². The summed E-state index contributed by atoms with van der Waals surface area (Å²) in [4.78, 5) is 11.4. The van der Waals surface area contributed by atoms with Crippen molar-refractivity contribution in [2.45, 2.75) is 12.8 Å². The summed E-state index contributed by atoms with van der Waals surface area (Å²) in [6.07, 6.45) is 1.16. The highest BCUT2D eigenvalue weighted by Gasteiger charge is 2.02. The minimum atomic E-state index is -0.155. The lowest BCUT2D eigenvalue weighted by atomic mass is 10.2. The summed E-state index contributed by atoms with van der Waals surface area (Å²) in [6, 6.07) is 9.21. The topological polar surface area (TPSA) is 71.3 Å². The number of carbonyl (C=O) groups is 1. The van der Waals surface area contributed by atoms with Gasteiger partial charge in [-0.15, -0.1) is 0 Å². The second-order valence-corrected chi connectivity index (χ2v) is 3.96. The maximum absolute atomic E-state index is 11.4. The van der Waals surface area contributed by atoms with Gasteiger partial charge in [0.25, 0.3) is 5.91 Å². The van der Waals surface area contributed by atoms with Crippen LogP contribution in [0.15, 0.2) is 24.3 Å². The van der Waals surface area contributed by atoms with Crippen LogP contribution in [0.25, 0.3) is 0 Å². The molecule has 0 aliphatic heterocycles. The summed E-state index contributed by atoms with van der Waals surface area (Å²) >= 11 is 0. The van der Waals surface area contributed by atoms with Crippen LogP contribution in [-0.2, 0) is 16.0 Å². The summed E-state index contributed by atoms with van der Waals surface area (Å²) in [5.74, 6) is 0.464. The average molecular weight is 262 g/mol. The van der Waals surface area contributed by atoms with Gasteiger partial charge in [-0.3, -0.25) is 4.79 Å². The molecule has 0 fully saturated rings. The summed E-state index contributed by atoms with van der Waals surface area (Å²) in [5, 5.41) is 11.3. The van der Waals surface area contributed by atoms with Crippen molar-refractivity contribution in [2.24, 2.45) is 0 Å². The number of hydrogen-bond acceptors (Lipinski definition) is 4. The number of amides is 1. The van der Waals surface area contributed by atoms with Gasteiger partial charge in [0.2, 0.25) is 0 Å². The Kier molecular flexibility index (Phi) is 7.06. The molecular weight excluding hydrogens is 244 g/mol. The van der Waals surface area contributed by atoms with Gasteiger partial charge in [0.05, 0.1) is 12.5 Å². The number of nitrogens with zero attached hydrogens (tertiary/aromatic N) is 1. The molecule has 0 bridgehead atoms. The summed E-state index contributed by atoms with van der Waals surface area (Å²) < 4.78 is 10.2. The van der Waals surface area contributed by atoms with Crippen molar-refractivity contribution in [3.63, 3.8) is 0 Å². The molecule has 102 valence electrons. The Morgan fingerprint density at radius 1 is 1.37 bits per heavy atom. The SMILES string of the molecule is COCCCNC(=O)COc1ccc(CC#N)cc1. The fourth-order valence-electron chi connectivity index (χ4n) is 1.44. The first-order valence-electron chi connectivity index (χ1n) is 6.10. The van der Waals surface area contributed by atoms with Crippen LogP contribution < -0.4 is 10.1 Å². The van der Waals surface area contributed by atoms with Crippen molar-refractivity contribution < 1.29 is 14.3 Å². The largest absolute Gasteiger partial charge is 0.484 e. The zero-order valence-corrected chi connectivity index (χ0v) is 11.0. The van der Waals surface area contributed by atoms with Crippen LogP contribution in [0.5, 0.6) is 5.75 Å². The van der Waals surface area contributed by atoms with Gasteiger partial charge in [-0.05, 0) is 24.1 Å². The van der Waals surface area contributed by atoms with Crippen LogP contribution in [0.2, 0.25) is 0 Å². The van der Waals surface area contributed by atoms with E-state index in [1.54, 1.807) is 19.2 Å². The number of methoxy groups -OCH3 is 1. The van der Waals surface area contributed by atoms with E-state index in [1.165, 1.54) is 0 Å². The van der Waals surface area contributed by atoms with Crippen molar-refractivity contribution in [3.05, 3.63) is 29.8 Å². The summed E-state index contributed by atoms with van der Waals surface area (Å²) in [7, 11) is 1.63. The number of nitriles is 1. The maximum atomic E-state index is 11.4. The van der Waals surface area contributed by atoms with Crippen LogP contribution in [0.1, 0.15) is 12.0 Å². The highest BCUT2D eigenvalue weighted by Crippen LogP contribution is 2.12. The number of ether oxygens (including phenoxy) is 2. The minimum Gasteiger partial charge on any atom is -0.484 e. The lowest BCUT2D eigenvalue weighted by Crippen LogP contribution is -2.30. The third-order valence-electron chi connectivity index (χ3n) is 2.42. The molecule has 0 saturated carbocycles. The van der Waals surface area contributed by atoms with Crippen LogP contribution in [0.3, 0.4) is 0 Å². The molecule has 0 spiro atoms. The molecule has 1 aromatic carbocycles. The Morgan fingerprint density at radius 3 is 2.74 bits per heavy atom. The number of nitrogens with one attached hydrogen (secondary N) is 1. The third kappa shape index (κ3) is 6.43. The molecule has 5 heteroatoms. The molecule has 1 aromatic rings. The highest BCUT2D eigenvalue weighted by molar-refractivity contribution is 5.77. The van der Waals surface area contributed by atoms with Gasteiger partial charge in [-0.1, -0.05) is 12.1 Å². The Hall–Kier alpha value is -2.06. The van der Waals surface area contributed by atoms with Crippen LogP contribution in [-0.4, -0.2) is 32.8 Å². The van der Waals surface area contributed by atoms with Crippen molar-refractivity contribution in [1.29, 1.82) is 5.26 Å². The van der Waals surface area contributed by atoms with E-state index < -0.39 is 0 Å². The molecule has 0 aliphatic carbocycles. The first kappa shape index (κ1) is 15.0. The zero-order chi connectivity index (χ0) is 13.9. The molecule has 0 heterocycles. The maximum Gasteiger partial charge on any atom is 0.257 e. The number of benzene rings is 1. The van der Waals surface area contributed by atoms with E-state index in [0.29, 0.717) is 25.3 Å². The molecular formula is C14H18N2O3. The van der Waals surface area contributed by atoms with Crippen molar-refractivity contribution in [3.8, 4) is 11.8 Å². The molecule has 19 heavy (non-hydrogen) atoms. The predicted octanol–water partition coefficient (Wildman–Crippen LogP) is 1.28. The van der Waals surface area contributed by atoms with E-state index in [4.69, 9.17) is 14.7 Å². The third-order valence-corrected chi connectivity index (χ3v) is 2.42. The predicted molar refractivity (Wildman–Crippen MR) is 70.8 cm³/mol. The second kappa shape index (κ2) is 8.95. The average Bonchev–Trinajstić information content (AvgIpc) is 2.43. The quantitative estimate of drug-likeness (QED) is 0.716. The van der Waals surface area contributed by atoms with E-state index in [0.717, 1.165) is 12.0 Å². The summed E-state index contributed by atoms with van der Waals surface area (Å²) in [6.45, 7) is 1.20. The smallest absolute Gasteiger partial charge is 0.257 e. The van der Waals surface area contributed by atoms with Crippen molar-refractivity contribution >= 4 is 5.91 Å². The van der Waals surface area contributed by atoms with Crippen molar-refractivity contribution in [1.82, 2.24) is 5.32 Å². The van der Waals surface area contributed by atoms with Gasteiger partial charge in [-0.25, -0.2) is 0 Å². The Bertz CT molecular complexity index is 423. The van der Waals surface area contributed by atoms with E-state index in [1.807, 2.05) is 12.1 Å². The van der Waals surface area contributed by atoms with Gasteiger partial charge in [-0.2, -0.15) is 5.26 Å². The molecule has 5 nitrogen and oxygen atoms in total. The second-order valence-electron chi connectivity index (χ2n) is 3.96. The molecule has 0 atom stereocenters. The standard InChI is InChI=1S/C14H18N2O3/c1-18-10-2-9-16-14(17)11-19-13-5-3-12(4-6-13)7-8-15/h3-6H,2,7,9-11H2,1H3,(H,16,17). The lowest BCUT2D eigenvalue weighted by Gasteiger charge is -2.07. The van der Waals surface area contributed by atoms with Crippen LogP contribution in [0.4, 0.5) is 0 Å². The van der Waals surface area contributed by atoms with Gasteiger partial charge in [0.1, 0.15) is 5.75 Å². The fourth-order valence-corrected chi connectivity index (χ4v) is 1.44. The molecule has 1 amide bonds. The van der Waals surface area contributed by atoms with E-state index in [-0.39, 0.29) is 12.5 Å². The highest BCUT2D eigenvalue weighted by atomic mass is 16.5. The number of rotatable bonds is 8. The van der Waals surface area contributed by atoms with Gasteiger partial charge in [0.15, 0.2) is 6.61 Å². The zero-order valence-electron chi connectivity index (χ0n) is 11.0. The monoisotopic (exact) mass is 262 g/mol. The normalized spacial score (nSPS) is 9.68. The van der Waals surface area contributed by atoms with Gasteiger partial charge >= 0.3 is 0 Å². The lowest BCUT2D eigenvalue weighted by molar-refractivity contribution is -0.123. The molecule has 0 aliphatic rings. The van der Waals surface area contributed by atoms with Gasteiger partial charge in [0, 0.05) is 20.3 Å². The molecule has 1 N–H and O–H groups in total. The van der Waals surface area contributed by atoms with Crippen LogP contribution in [0, 0.1) is 11.3 Å². The van der Waals surface area contributed by atoms with E-state index >= 15 is 0 Å². The first-order valence-corrected chi connectivity index (χ1v) is 6.10. The number of hydrogen-bond donors (Lipinski definition) is 1. The van der Waals surface area contributed by atoms with Gasteiger partial charge < -0.3 is 14.8 Å². The first-order chi connectivity index (χ1) is 9.26. The summed E-state index contributed by atoms with van der Waals surface area (Å²) in [5.41, 5.74) is 0.930. The molecule has 0 aromatic heterocycles. The minimum absolute atomic E-state index is 0.00935. The number of carbonyl (C=O) groups excluding carboxylic acids is 1. The molecule has 0 radical (unpaired) electrons.